The molecule has 1 saturated heterocycles. The molecule has 2 aliphatic rings. The van der Waals surface area contributed by atoms with E-state index in [0.717, 1.165) is 24.2 Å². The van der Waals surface area contributed by atoms with Crippen molar-refractivity contribution >= 4 is 17.5 Å². The van der Waals surface area contributed by atoms with E-state index in [1.165, 1.54) is 5.69 Å². The Hall–Kier alpha value is -3.60. The number of anilines is 1. The maximum absolute atomic E-state index is 13.7. The summed E-state index contributed by atoms with van der Waals surface area (Å²) in [6.45, 7) is 3.39. The van der Waals surface area contributed by atoms with E-state index in [0.29, 0.717) is 31.6 Å². The molecule has 3 aromatic rings. The van der Waals surface area contributed by atoms with E-state index in [9.17, 15) is 9.59 Å². The summed E-state index contributed by atoms with van der Waals surface area (Å²) in [4.78, 5) is 33.1. The Balaban J connectivity index is 1.36. The highest BCUT2D eigenvalue weighted by molar-refractivity contribution is 5.98. The number of hydrogen-bond acceptors (Lipinski definition) is 3. The first kappa shape index (κ1) is 20.3. The van der Waals surface area contributed by atoms with E-state index in [1.54, 1.807) is 4.90 Å². The molecule has 5 heteroatoms. The van der Waals surface area contributed by atoms with Gasteiger partial charge in [-0.15, -0.1) is 0 Å². The van der Waals surface area contributed by atoms with Crippen LogP contribution in [0.4, 0.5) is 5.69 Å². The summed E-state index contributed by atoms with van der Waals surface area (Å²) in [6.07, 6.45) is 0.562. The number of carbonyl (C=O) groups excluding carboxylic acids is 2. The fourth-order valence-corrected chi connectivity index (χ4v) is 4.74. The predicted molar refractivity (Wildman–Crippen MR) is 125 cm³/mol. The second-order valence-electron chi connectivity index (χ2n) is 8.44. The maximum atomic E-state index is 13.7. The van der Waals surface area contributed by atoms with Gasteiger partial charge in [-0.05, 0) is 35.4 Å². The molecule has 2 heterocycles. The molecule has 0 aliphatic carbocycles. The molecular weight excluding hydrogens is 398 g/mol. The molecule has 1 atom stereocenters. The van der Waals surface area contributed by atoms with Crippen LogP contribution in [0.2, 0.25) is 0 Å². The number of carbonyl (C=O) groups is 2. The van der Waals surface area contributed by atoms with Crippen LogP contribution < -0.4 is 4.90 Å². The van der Waals surface area contributed by atoms with E-state index in [2.05, 4.69) is 29.2 Å². The highest BCUT2D eigenvalue weighted by Crippen LogP contribution is 2.27. The molecular formula is C27H27N3O2. The van der Waals surface area contributed by atoms with Crippen LogP contribution in [-0.4, -0.2) is 53.8 Å². The van der Waals surface area contributed by atoms with Crippen molar-refractivity contribution in [2.24, 2.45) is 0 Å². The maximum Gasteiger partial charge on any atom is 0.254 e. The molecule has 0 spiro atoms. The van der Waals surface area contributed by atoms with Gasteiger partial charge in [0, 0.05) is 50.4 Å². The van der Waals surface area contributed by atoms with Gasteiger partial charge in [0.05, 0.1) is 0 Å². The van der Waals surface area contributed by atoms with Gasteiger partial charge in [0.1, 0.15) is 6.04 Å². The molecule has 0 bridgehead atoms. The Kier molecular flexibility index (Phi) is 5.63. The summed E-state index contributed by atoms with van der Waals surface area (Å²) in [5, 5.41) is 0. The van der Waals surface area contributed by atoms with Gasteiger partial charge in [-0.1, -0.05) is 60.7 Å². The zero-order valence-electron chi connectivity index (χ0n) is 18.1. The highest BCUT2D eigenvalue weighted by Gasteiger charge is 2.38. The lowest BCUT2D eigenvalue weighted by Crippen LogP contribution is -2.57. The van der Waals surface area contributed by atoms with Crippen molar-refractivity contribution in [3.63, 3.8) is 0 Å². The molecule has 0 aromatic heterocycles. The van der Waals surface area contributed by atoms with Gasteiger partial charge in [0.2, 0.25) is 5.91 Å². The Labute approximate surface area is 188 Å². The fourth-order valence-electron chi connectivity index (χ4n) is 4.74. The van der Waals surface area contributed by atoms with E-state index >= 15 is 0 Å². The number of nitrogens with zero attached hydrogens (tertiary/aromatic N) is 3. The summed E-state index contributed by atoms with van der Waals surface area (Å²) in [5.74, 6) is -0.0297. The molecule has 0 unspecified atom stereocenters. The molecule has 1 fully saturated rings. The summed E-state index contributed by atoms with van der Waals surface area (Å²) in [5.41, 5.74) is 4.09. The van der Waals surface area contributed by atoms with Gasteiger partial charge in [-0.25, -0.2) is 0 Å². The summed E-state index contributed by atoms with van der Waals surface area (Å²) >= 11 is 0. The Morgan fingerprint density at radius 1 is 0.688 bits per heavy atom. The quantitative estimate of drug-likeness (QED) is 0.644. The van der Waals surface area contributed by atoms with Crippen molar-refractivity contribution in [2.45, 2.75) is 19.0 Å². The van der Waals surface area contributed by atoms with Crippen LogP contribution >= 0.6 is 0 Å². The highest BCUT2D eigenvalue weighted by atomic mass is 16.2. The molecule has 2 aliphatic heterocycles. The molecule has 5 nitrogen and oxygen atoms in total. The van der Waals surface area contributed by atoms with Crippen LogP contribution in [0.5, 0.6) is 0 Å². The Morgan fingerprint density at radius 3 is 1.97 bits per heavy atom. The van der Waals surface area contributed by atoms with Crippen LogP contribution in [0, 0.1) is 0 Å². The number of piperazine rings is 1. The van der Waals surface area contributed by atoms with E-state index in [1.807, 2.05) is 65.6 Å². The largest absolute Gasteiger partial charge is 0.368 e. The molecule has 32 heavy (non-hydrogen) atoms. The second-order valence-corrected chi connectivity index (χ2v) is 8.44. The average Bonchev–Trinajstić information content (AvgIpc) is 2.88. The van der Waals surface area contributed by atoms with Crippen LogP contribution in [0.15, 0.2) is 84.9 Å². The van der Waals surface area contributed by atoms with E-state index in [4.69, 9.17) is 0 Å². The lowest BCUT2D eigenvalue weighted by molar-refractivity contribution is -0.137. The molecule has 0 N–H and O–H groups in total. The molecule has 0 saturated carbocycles. The number of rotatable bonds is 3. The first-order valence-corrected chi connectivity index (χ1v) is 11.2. The minimum absolute atomic E-state index is 0.0523. The second kappa shape index (κ2) is 8.87. The molecule has 3 aromatic carbocycles. The lowest BCUT2D eigenvalue weighted by atomic mass is 9.92. The number of para-hydroxylation sites is 1. The van der Waals surface area contributed by atoms with Crippen LogP contribution in [0.3, 0.4) is 0 Å². The SMILES string of the molecule is O=C([C@H]1Cc2ccccc2CN1C(=O)c1ccccc1)N1CCN(c2ccccc2)CC1. The summed E-state index contributed by atoms with van der Waals surface area (Å²) < 4.78 is 0. The monoisotopic (exact) mass is 425 g/mol. The first-order valence-electron chi connectivity index (χ1n) is 11.2. The van der Waals surface area contributed by atoms with Crippen molar-refractivity contribution in [3.05, 3.63) is 102 Å². The van der Waals surface area contributed by atoms with Gasteiger partial charge in [-0.3, -0.25) is 9.59 Å². The smallest absolute Gasteiger partial charge is 0.254 e. The summed E-state index contributed by atoms with van der Waals surface area (Å²) in [7, 11) is 0. The number of fused-ring (bicyclic) bond motifs is 1. The van der Waals surface area contributed by atoms with Gasteiger partial charge in [0.15, 0.2) is 0 Å². The minimum atomic E-state index is -0.471. The van der Waals surface area contributed by atoms with Gasteiger partial charge >= 0.3 is 0 Å². The zero-order chi connectivity index (χ0) is 21.9. The normalized spacial score (nSPS) is 18.2. The van der Waals surface area contributed by atoms with Crippen LogP contribution in [-0.2, 0) is 17.8 Å². The molecule has 0 radical (unpaired) electrons. The van der Waals surface area contributed by atoms with E-state index < -0.39 is 6.04 Å². The minimum Gasteiger partial charge on any atom is -0.368 e. The van der Waals surface area contributed by atoms with Crippen molar-refractivity contribution in [1.82, 2.24) is 9.80 Å². The van der Waals surface area contributed by atoms with Gasteiger partial charge in [-0.2, -0.15) is 0 Å². The molecule has 2 amide bonds. The lowest BCUT2D eigenvalue weighted by Gasteiger charge is -2.42. The third-order valence-corrected chi connectivity index (χ3v) is 6.53. The average molecular weight is 426 g/mol. The fraction of sp³-hybridized carbons (Fsp3) is 0.259. The van der Waals surface area contributed by atoms with Gasteiger partial charge in [0.25, 0.3) is 5.91 Å². The number of hydrogen-bond donors (Lipinski definition) is 0. The third kappa shape index (κ3) is 3.98. The first-order chi connectivity index (χ1) is 15.7. The van der Waals surface area contributed by atoms with E-state index in [-0.39, 0.29) is 11.8 Å². The van der Waals surface area contributed by atoms with Crippen molar-refractivity contribution in [1.29, 1.82) is 0 Å². The topological polar surface area (TPSA) is 43.9 Å². The Bertz CT molecular complexity index is 1090. The number of amides is 2. The van der Waals surface area contributed by atoms with Crippen molar-refractivity contribution < 1.29 is 9.59 Å². The van der Waals surface area contributed by atoms with Crippen LogP contribution in [0.25, 0.3) is 0 Å². The molecule has 162 valence electrons. The standard InChI is InChI=1S/C27H27N3O2/c31-26(21-9-3-1-4-10-21)30-20-23-12-8-7-11-22(23)19-25(30)27(32)29-17-15-28(16-18-29)24-13-5-2-6-14-24/h1-14,25H,15-20H2/t25-/m1/s1. The molecule has 5 rings (SSSR count). The Morgan fingerprint density at radius 2 is 1.28 bits per heavy atom. The van der Waals surface area contributed by atoms with Crippen LogP contribution in [0.1, 0.15) is 21.5 Å². The predicted octanol–water partition coefficient (Wildman–Crippen LogP) is 3.60. The van der Waals surface area contributed by atoms with Gasteiger partial charge < -0.3 is 14.7 Å². The van der Waals surface area contributed by atoms with Crippen molar-refractivity contribution in [2.75, 3.05) is 31.1 Å². The zero-order valence-corrected chi connectivity index (χ0v) is 18.1. The van der Waals surface area contributed by atoms with Crippen molar-refractivity contribution in [3.8, 4) is 0 Å². The summed E-state index contributed by atoms with van der Waals surface area (Å²) in [6, 6.07) is 27.3. The third-order valence-electron chi connectivity index (χ3n) is 6.53. The number of benzene rings is 3.